The van der Waals surface area contributed by atoms with Crippen LogP contribution in [-0.4, -0.2) is 36.7 Å². The average molecular weight is 399 g/mol. The Morgan fingerprint density at radius 1 is 1.10 bits per heavy atom. The quantitative estimate of drug-likeness (QED) is 0.463. The second-order valence-corrected chi connectivity index (χ2v) is 7.03. The van der Waals surface area contributed by atoms with Crippen molar-refractivity contribution in [1.82, 2.24) is 30.1 Å². The van der Waals surface area contributed by atoms with Gasteiger partial charge in [0.2, 0.25) is 0 Å². The van der Waals surface area contributed by atoms with Crippen molar-refractivity contribution in [1.29, 1.82) is 0 Å². The van der Waals surface area contributed by atoms with E-state index in [4.69, 9.17) is 0 Å². The summed E-state index contributed by atoms with van der Waals surface area (Å²) in [6.07, 6.45) is 5.45. The first-order valence-corrected chi connectivity index (χ1v) is 9.58. The average Bonchev–Trinajstić information content (AvgIpc) is 3.24. The van der Waals surface area contributed by atoms with Crippen LogP contribution in [0.3, 0.4) is 0 Å². The third-order valence-corrected chi connectivity index (χ3v) is 5.12. The Bertz CT molecular complexity index is 1360. The molecule has 30 heavy (non-hydrogen) atoms. The van der Waals surface area contributed by atoms with E-state index in [9.17, 15) is 4.39 Å². The van der Waals surface area contributed by atoms with E-state index < -0.39 is 0 Å². The molecule has 8 heteroatoms. The smallest absolute Gasteiger partial charge is 0.182 e. The number of fused-ring (bicyclic) bond motifs is 2. The van der Waals surface area contributed by atoms with Crippen LogP contribution in [0.15, 0.2) is 55.2 Å². The van der Waals surface area contributed by atoms with Gasteiger partial charge in [-0.2, -0.15) is 5.10 Å². The van der Waals surface area contributed by atoms with Crippen LogP contribution in [0.25, 0.3) is 33.2 Å². The van der Waals surface area contributed by atoms with Crippen LogP contribution in [0.4, 0.5) is 10.2 Å². The molecular formula is C22H18FN7. The predicted molar refractivity (Wildman–Crippen MR) is 114 cm³/mol. The number of H-pyrrole nitrogens is 1. The summed E-state index contributed by atoms with van der Waals surface area (Å²) in [7, 11) is 0. The van der Waals surface area contributed by atoms with Gasteiger partial charge in [0.15, 0.2) is 11.5 Å². The molecule has 0 aliphatic heterocycles. The molecule has 7 nitrogen and oxygen atoms in total. The number of nitrogens with zero attached hydrogens (tertiary/aromatic N) is 5. The van der Waals surface area contributed by atoms with Crippen LogP contribution in [0, 0.1) is 12.7 Å². The van der Waals surface area contributed by atoms with Gasteiger partial charge in [-0.3, -0.25) is 0 Å². The molecule has 148 valence electrons. The zero-order valence-corrected chi connectivity index (χ0v) is 16.2. The number of hydrogen-bond acceptors (Lipinski definition) is 6. The molecule has 0 saturated heterocycles. The number of aromatic amines is 1. The van der Waals surface area contributed by atoms with Crippen molar-refractivity contribution in [2.75, 3.05) is 11.9 Å². The minimum atomic E-state index is -0.281. The number of benzene rings is 2. The molecule has 0 fully saturated rings. The molecule has 0 unspecified atom stereocenters. The Morgan fingerprint density at radius 2 is 2.03 bits per heavy atom. The van der Waals surface area contributed by atoms with Gasteiger partial charge in [-0.1, -0.05) is 18.2 Å². The summed E-state index contributed by atoms with van der Waals surface area (Å²) in [6.45, 7) is 2.67. The number of hydrogen-bond donors (Lipinski definition) is 2. The van der Waals surface area contributed by atoms with Gasteiger partial charge in [0, 0.05) is 17.5 Å². The summed E-state index contributed by atoms with van der Waals surface area (Å²) in [5.41, 5.74) is 6.01. The minimum absolute atomic E-state index is 0.281. The summed E-state index contributed by atoms with van der Waals surface area (Å²) >= 11 is 0. The zero-order chi connectivity index (χ0) is 20.5. The van der Waals surface area contributed by atoms with Gasteiger partial charge < -0.3 is 10.3 Å². The van der Waals surface area contributed by atoms with Gasteiger partial charge in [-0.25, -0.2) is 19.3 Å². The van der Waals surface area contributed by atoms with Crippen molar-refractivity contribution >= 4 is 27.9 Å². The van der Waals surface area contributed by atoms with E-state index in [0.29, 0.717) is 24.4 Å². The van der Waals surface area contributed by atoms with Gasteiger partial charge in [-0.15, -0.1) is 5.10 Å². The molecule has 2 aromatic carbocycles. The number of imidazole rings is 1. The molecule has 0 aliphatic carbocycles. The van der Waals surface area contributed by atoms with E-state index in [0.717, 1.165) is 38.7 Å². The normalized spacial score (nSPS) is 11.3. The lowest BCUT2D eigenvalue weighted by Gasteiger charge is -2.15. The monoisotopic (exact) mass is 399 g/mol. The molecule has 2 N–H and O–H groups in total. The van der Waals surface area contributed by atoms with Crippen LogP contribution in [0.2, 0.25) is 0 Å². The van der Waals surface area contributed by atoms with Gasteiger partial charge in [0.1, 0.15) is 23.2 Å². The van der Waals surface area contributed by atoms with E-state index in [1.807, 2.05) is 12.1 Å². The van der Waals surface area contributed by atoms with Crippen LogP contribution in [0.1, 0.15) is 11.1 Å². The van der Waals surface area contributed by atoms with Crippen molar-refractivity contribution in [3.05, 3.63) is 72.2 Å². The maximum atomic E-state index is 14.0. The first-order chi connectivity index (χ1) is 14.7. The highest BCUT2D eigenvalue weighted by Crippen LogP contribution is 2.33. The molecule has 3 heterocycles. The Balaban J connectivity index is 1.53. The van der Waals surface area contributed by atoms with E-state index in [1.165, 1.54) is 18.5 Å². The second-order valence-electron chi connectivity index (χ2n) is 7.03. The molecule has 0 spiro atoms. The summed E-state index contributed by atoms with van der Waals surface area (Å²) in [5, 5.41) is 12.8. The number of rotatable bonds is 5. The molecule has 0 bridgehead atoms. The third-order valence-electron chi connectivity index (χ3n) is 5.12. The lowest BCUT2D eigenvalue weighted by atomic mass is 9.92. The van der Waals surface area contributed by atoms with E-state index in [2.05, 4.69) is 48.4 Å². The van der Waals surface area contributed by atoms with Crippen molar-refractivity contribution in [2.24, 2.45) is 0 Å². The molecule has 5 aromatic rings. The maximum absolute atomic E-state index is 14.0. The SMILES string of the molecule is Cc1cc(CCNc2ncnc3nc[nH]c23)c(-c2cccc(F)c2)c2nnccc12. The Labute approximate surface area is 171 Å². The lowest BCUT2D eigenvalue weighted by Crippen LogP contribution is -2.09. The minimum Gasteiger partial charge on any atom is -0.368 e. The van der Waals surface area contributed by atoms with Gasteiger partial charge >= 0.3 is 0 Å². The first kappa shape index (κ1) is 18.1. The van der Waals surface area contributed by atoms with Crippen LogP contribution in [0.5, 0.6) is 0 Å². The van der Waals surface area contributed by atoms with Crippen molar-refractivity contribution in [2.45, 2.75) is 13.3 Å². The fourth-order valence-corrected chi connectivity index (χ4v) is 3.78. The highest BCUT2D eigenvalue weighted by molar-refractivity contribution is 5.97. The van der Waals surface area contributed by atoms with Crippen molar-refractivity contribution in [3.63, 3.8) is 0 Å². The molecule has 0 amide bonds. The topological polar surface area (TPSA) is 92.3 Å². The van der Waals surface area contributed by atoms with Crippen LogP contribution < -0.4 is 5.32 Å². The van der Waals surface area contributed by atoms with Crippen LogP contribution in [-0.2, 0) is 6.42 Å². The third kappa shape index (κ3) is 3.22. The fourth-order valence-electron chi connectivity index (χ4n) is 3.78. The fraction of sp³-hybridized carbons (Fsp3) is 0.136. The largest absolute Gasteiger partial charge is 0.368 e. The summed E-state index contributed by atoms with van der Waals surface area (Å²) in [6, 6.07) is 10.7. The Hall–Kier alpha value is -3.94. The Morgan fingerprint density at radius 3 is 2.93 bits per heavy atom. The second kappa shape index (κ2) is 7.47. The number of nitrogens with one attached hydrogen (secondary N) is 2. The number of aryl methyl sites for hydroxylation is 1. The van der Waals surface area contributed by atoms with E-state index in [-0.39, 0.29) is 5.82 Å². The van der Waals surface area contributed by atoms with Gasteiger partial charge in [-0.05, 0) is 48.2 Å². The molecule has 0 saturated carbocycles. The van der Waals surface area contributed by atoms with Crippen molar-refractivity contribution < 1.29 is 4.39 Å². The molecule has 5 rings (SSSR count). The standard InChI is InChI=1S/C22H18FN7/c1-13-9-15(5-7-24-21-20-22(26-11-25-20)28-12-27-21)18(14-3-2-4-16(23)10-14)19-17(13)6-8-29-30-19/h2-4,6,8-12H,5,7H2,1H3,(H2,24,25,26,27,28). The van der Waals surface area contributed by atoms with Crippen LogP contribution >= 0.6 is 0 Å². The maximum Gasteiger partial charge on any atom is 0.182 e. The summed E-state index contributed by atoms with van der Waals surface area (Å²) in [4.78, 5) is 15.6. The number of anilines is 1. The zero-order valence-electron chi connectivity index (χ0n) is 16.2. The molecule has 0 atom stereocenters. The Kier molecular flexibility index (Phi) is 4.51. The molecular weight excluding hydrogens is 381 g/mol. The summed E-state index contributed by atoms with van der Waals surface area (Å²) in [5.74, 6) is 0.416. The molecule has 0 aliphatic rings. The highest BCUT2D eigenvalue weighted by Gasteiger charge is 2.15. The predicted octanol–water partition coefficient (Wildman–Crippen LogP) is 4.07. The van der Waals surface area contributed by atoms with E-state index in [1.54, 1.807) is 18.6 Å². The molecule has 0 radical (unpaired) electrons. The van der Waals surface area contributed by atoms with Gasteiger partial charge in [0.25, 0.3) is 0 Å². The number of aromatic nitrogens is 6. The van der Waals surface area contributed by atoms with E-state index >= 15 is 0 Å². The first-order valence-electron chi connectivity index (χ1n) is 9.58. The lowest BCUT2D eigenvalue weighted by molar-refractivity contribution is 0.628. The molecule has 3 aromatic heterocycles. The summed E-state index contributed by atoms with van der Waals surface area (Å²) < 4.78 is 14.0. The van der Waals surface area contributed by atoms with Gasteiger partial charge in [0.05, 0.1) is 12.5 Å². The highest BCUT2D eigenvalue weighted by atomic mass is 19.1. The van der Waals surface area contributed by atoms with Crippen molar-refractivity contribution in [3.8, 4) is 11.1 Å². The number of halogens is 1.